The second-order valence-electron chi connectivity index (χ2n) is 2.62. The Morgan fingerprint density at radius 3 is 2.53 bits per heavy atom. The van der Waals surface area contributed by atoms with Crippen molar-refractivity contribution < 1.29 is 14.4 Å². The zero-order valence-corrected chi connectivity index (χ0v) is 10.2. The third-order valence-corrected chi connectivity index (χ3v) is 1.49. The lowest BCUT2D eigenvalue weighted by atomic mass is 10.3. The van der Waals surface area contributed by atoms with E-state index in [0.29, 0.717) is 0 Å². The van der Waals surface area contributed by atoms with Gasteiger partial charge in [0, 0.05) is 0 Å². The average molecular weight is 308 g/mol. The molecule has 0 aliphatic rings. The van der Waals surface area contributed by atoms with E-state index < -0.39 is 17.4 Å². The number of guanidine groups is 1. The van der Waals surface area contributed by atoms with E-state index in [4.69, 9.17) is 21.0 Å². The number of nitrogens with two attached hydrogens (primary N) is 2. The standard InChI is InChI=1S/C7H9N5O4.BrH/c8-7(9)11-10-4(3-13)5-1-2-6(16-5)12(14)15;/h1-2,13H,3H2,(H4,8,9,11);1H/b10-4+;. The summed E-state index contributed by atoms with van der Waals surface area (Å²) in [5.41, 5.74) is 10.0. The fourth-order valence-electron chi connectivity index (χ4n) is 0.858. The van der Waals surface area contributed by atoms with Gasteiger partial charge in [0.05, 0.1) is 12.7 Å². The van der Waals surface area contributed by atoms with Crippen molar-refractivity contribution in [3.63, 3.8) is 0 Å². The highest BCUT2D eigenvalue weighted by molar-refractivity contribution is 8.93. The molecule has 17 heavy (non-hydrogen) atoms. The molecule has 0 saturated heterocycles. The summed E-state index contributed by atoms with van der Waals surface area (Å²) in [6.45, 7) is -0.512. The summed E-state index contributed by atoms with van der Waals surface area (Å²) >= 11 is 0. The van der Waals surface area contributed by atoms with Crippen LogP contribution in [0.25, 0.3) is 0 Å². The van der Waals surface area contributed by atoms with E-state index in [2.05, 4.69) is 10.2 Å². The molecule has 0 fully saturated rings. The monoisotopic (exact) mass is 307 g/mol. The Kier molecular flexibility index (Phi) is 5.85. The van der Waals surface area contributed by atoms with E-state index in [1.165, 1.54) is 6.07 Å². The lowest BCUT2D eigenvalue weighted by molar-refractivity contribution is -0.402. The van der Waals surface area contributed by atoms with Gasteiger partial charge in [0.1, 0.15) is 10.6 Å². The maximum Gasteiger partial charge on any atom is 0.433 e. The largest absolute Gasteiger partial charge is 0.433 e. The van der Waals surface area contributed by atoms with Gasteiger partial charge in [0.15, 0.2) is 5.76 Å². The molecule has 1 heterocycles. The molecule has 0 saturated carbocycles. The smallest absolute Gasteiger partial charge is 0.399 e. The Morgan fingerprint density at radius 1 is 1.47 bits per heavy atom. The summed E-state index contributed by atoms with van der Waals surface area (Å²) in [5, 5.41) is 26.0. The third-order valence-electron chi connectivity index (χ3n) is 1.49. The van der Waals surface area contributed by atoms with E-state index in [-0.39, 0.29) is 34.4 Å². The fourth-order valence-corrected chi connectivity index (χ4v) is 0.858. The molecule has 0 bridgehead atoms. The number of halogens is 1. The Bertz CT molecular complexity index is 451. The molecule has 0 radical (unpaired) electrons. The van der Waals surface area contributed by atoms with E-state index in [9.17, 15) is 10.1 Å². The number of aliphatic hydroxyl groups excluding tert-OH is 1. The summed E-state index contributed by atoms with van der Waals surface area (Å²) in [7, 11) is 0. The first kappa shape index (κ1) is 15.1. The maximum absolute atomic E-state index is 10.3. The predicted octanol–water partition coefficient (Wildman–Crippen LogP) is -0.265. The molecule has 0 aliphatic carbocycles. The van der Waals surface area contributed by atoms with Crippen molar-refractivity contribution >= 4 is 34.5 Å². The number of furan rings is 1. The molecule has 1 rings (SSSR count). The molecule has 0 unspecified atom stereocenters. The molecule has 0 aliphatic heterocycles. The number of nitro groups is 1. The molecular weight excluding hydrogens is 298 g/mol. The van der Waals surface area contributed by atoms with Crippen molar-refractivity contribution in [1.82, 2.24) is 0 Å². The minimum Gasteiger partial charge on any atom is -0.399 e. The minimum absolute atomic E-state index is 0. The van der Waals surface area contributed by atoms with Gasteiger partial charge in [-0.1, -0.05) is 0 Å². The van der Waals surface area contributed by atoms with Crippen molar-refractivity contribution in [2.24, 2.45) is 21.7 Å². The zero-order valence-electron chi connectivity index (χ0n) is 8.44. The second-order valence-corrected chi connectivity index (χ2v) is 2.62. The number of rotatable bonds is 4. The van der Waals surface area contributed by atoms with Gasteiger partial charge in [-0.3, -0.25) is 10.1 Å². The summed E-state index contributed by atoms with van der Waals surface area (Å²) in [4.78, 5) is 9.62. The lowest BCUT2D eigenvalue weighted by Gasteiger charge is -1.94. The first-order chi connectivity index (χ1) is 7.54. The van der Waals surface area contributed by atoms with Gasteiger partial charge in [-0.2, -0.15) is 0 Å². The number of hydrogen-bond acceptors (Lipinski definition) is 6. The molecular formula is C7H10BrN5O4. The molecule has 0 spiro atoms. The van der Waals surface area contributed by atoms with Crippen LogP contribution in [0.4, 0.5) is 5.88 Å². The van der Waals surface area contributed by atoms with E-state index >= 15 is 0 Å². The van der Waals surface area contributed by atoms with Crippen LogP contribution in [0, 0.1) is 10.1 Å². The predicted molar refractivity (Wildman–Crippen MR) is 65.1 cm³/mol. The summed E-state index contributed by atoms with van der Waals surface area (Å²) in [6.07, 6.45) is 0. The van der Waals surface area contributed by atoms with Crippen molar-refractivity contribution in [3.05, 3.63) is 28.0 Å². The maximum atomic E-state index is 10.3. The quantitative estimate of drug-likeness (QED) is 0.301. The van der Waals surface area contributed by atoms with Crippen molar-refractivity contribution in [2.45, 2.75) is 0 Å². The minimum atomic E-state index is -0.709. The SMILES string of the molecule is Br.NC(N)=N/N=C(\CO)c1ccc([N+](=O)[O-])o1. The highest BCUT2D eigenvalue weighted by Crippen LogP contribution is 2.16. The first-order valence-electron chi connectivity index (χ1n) is 4.05. The Morgan fingerprint density at radius 2 is 2.12 bits per heavy atom. The summed E-state index contributed by atoms with van der Waals surface area (Å²) < 4.78 is 4.79. The van der Waals surface area contributed by atoms with Crippen LogP contribution in [0.15, 0.2) is 26.8 Å². The first-order valence-corrected chi connectivity index (χ1v) is 4.05. The van der Waals surface area contributed by atoms with Crippen LogP contribution < -0.4 is 11.5 Å². The third kappa shape index (κ3) is 4.20. The van der Waals surface area contributed by atoms with Gasteiger partial charge in [0.2, 0.25) is 5.96 Å². The van der Waals surface area contributed by atoms with Gasteiger partial charge in [-0.25, -0.2) is 0 Å². The van der Waals surface area contributed by atoms with Crippen LogP contribution in [0.3, 0.4) is 0 Å². The van der Waals surface area contributed by atoms with Gasteiger partial charge in [-0.05, 0) is 6.07 Å². The molecule has 94 valence electrons. The molecule has 10 heteroatoms. The number of nitrogens with zero attached hydrogens (tertiary/aromatic N) is 3. The fraction of sp³-hybridized carbons (Fsp3) is 0.143. The molecule has 5 N–H and O–H groups in total. The highest BCUT2D eigenvalue weighted by Gasteiger charge is 2.15. The van der Waals surface area contributed by atoms with Gasteiger partial charge in [-0.15, -0.1) is 27.2 Å². The van der Waals surface area contributed by atoms with E-state index in [0.717, 1.165) is 6.07 Å². The van der Waals surface area contributed by atoms with Crippen LogP contribution >= 0.6 is 17.0 Å². The topological polar surface area (TPSA) is 153 Å². The van der Waals surface area contributed by atoms with Crippen molar-refractivity contribution in [2.75, 3.05) is 6.61 Å². The van der Waals surface area contributed by atoms with Crippen LogP contribution in [0.1, 0.15) is 5.76 Å². The average Bonchev–Trinajstić information content (AvgIpc) is 2.67. The Balaban J connectivity index is 0.00000256. The Labute approximate surface area is 106 Å². The van der Waals surface area contributed by atoms with E-state index in [1.54, 1.807) is 0 Å². The van der Waals surface area contributed by atoms with Gasteiger partial charge >= 0.3 is 5.88 Å². The van der Waals surface area contributed by atoms with Crippen molar-refractivity contribution in [3.8, 4) is 0 Å². The molecule has 0 aromatic carbocycles. The van der Waals surface area contributed by atoms with Crippen LogP contribution in [0.2, 0.25) is 0 Å². The highest BCUT2D eigenvalue weighted by atomic mass is 79.9. The molecule has 0 amide bonds. The summed E-state index contributed by atoms with van der Waals surface area (Å²) in [6, 6.07) is 2.42. The molecule has 1 aromatic heterocycles. The number of hydrogen-bond donors (Lipinski definition) is 3. The molecule has 9 nitrogen and oxygen atoms in total. The van der Waals surface area contributed by atoms with Crippen LogP contribution in [0.5, 0.6) is 0 Å². The van der Waals surface area contributed by atoms with Gasteiger partial charge < -0.3 is 21.0 Å². The Hall–Kier alpha value is -1.94. The number of aliphatic hydroxyl groups is 1. The molecule has 0 atom stereocenters. The van der Waals surface area contributed by atoms with Crippen LogP contribution in [-0.2, 0) is 0 Å². The second kappa shape index (κ2) is 6.60. The van der Waals surface area contributed by atoms with Crippen molar-refractivity contribution in [1.29, 1.82) is 0 Å². The zero-order chi connectivity index (χ0) is 12.1. The van der Waals surface area contributed by atoms with Gasteiger partial charge in [0.25, 0.3) is 0 Å². The normalized spacial score (nSPS) is 10.5. The molecule has 1 aromatic rings. The van der Waals surface area contributed by atoms with E-state index in [1.807, 2.05) is 0 Å². The lowest BCUT2D eigenvalue weighted by Crippen LogP contribution is -2.22. The van der Waals surface area contributed by atoms with Crippen LogP contribution in [-0.4, -0.2) is 28.3 Å². The summed E-state index contributed by atoms with van der Waals surface area (Å²) in [5.74, 6) is -0.730.